The van der Waals surface area contributed by atoms with E-state index in [9.17, 15) is 9.59 Å². The molecule has 0 saturated heterocycles. The minimum Gasteiger partial charge on any atom is -0.480 e. The number of carboxylic acid groups (broad SMARTS) is 1. The molecule has 2 N–H and O–H groups in total. The summed E-state index contributed by atoms with van der Waals surface area (Å²) < 4.78 is 0. The first-order valence-corrected chi connectivity index (χ1v) is 7.03. The molecule has 1 rings (SSSR count). The third kappa shape index (κ3) is 5.40. The fourth-order valence-corrected chi connectivity index (χ4v) is 2.11. The number of carbonyl (C=O) groups is 2. The standard InChI is InChI=1S/C15H17Cl2NO3/c1-15(2,3)13(14(20)21)18-12(19)7-5-9-4-6-10(16)8-11(9)17/h4-8,13H,1-3H3,(H,18,19)(H,20,21)/b7-5+. The van der Waals surface area contributed by atoms with E-state index in [2.05, 4.69) is 5.32 Å². The van der Waals surface area contributed by atoms with E-state index < -0.39 is 23.3 Å². The lowest BCUT2D eigenvalue weighted by Crippen LogP contribution is -2.48. The third-order valence-electron chi connectivity index (χ3n) is 2.78. The Bertz CT molecular complexity index is 577. The number of halogens is 2. The molecule has 1 atom stereocenters. The summed E-state index contributed by atoms with van der Waals surface area (Å²) in [6.45, 7) is 5.23. The Balaban J connectivity index is 2.81. The third-order valence-corrected chi connectivity index (χ3v) is 3.34. The number of amides is 1. The summed E-state index contributed by atoms with van der Waals surface area (Å²) in [5.74, 6) is -1.57. The molecule has 0 aliphatic heterocycles. The Morgan fingerprint density at radius 3 is 2.38 bits per heavy atom. The Morgan fingerprint density at radius 1 is 1.29 bits per heavy atom. The molecule has 0 radical (unpaired) electrons. The van der Waals surface area contributed by atoms with E-state index in [-0.39, 0.29) is 0 Å². The maximum atomic E-state index is 11.8. The fourth-order valence-electron chi connectivity index (χ4n) is 1.64. The van der Waals surface area contributed by atoms with Crippen molar-refractivity contribution in [2.75, 3.05) is 0 Å². The minimum atomic E-state index is -1.08. The quantitative estimate of drug-likeness (QED) is 0.829. The number of aliphatic carboxylic acids is 1. The number of carboxylic acids is 1. The number of benzene rings is 1. The topological polar surface area (TPSA) is 66.4 Å². The van der Waals surface area contributed by atoms with Gasteiger partial charge in [0.2, 0.25) is 5.91 Å². The van der Waals surface area contributed by atoms with E-state index in [1.165, 1.54) is 12.2 Å². The smallest absolute Gasteiger partial charge is 0.326 e. The highest BCUT2D eigenvalue weighted by molar-refractivity contribution is 6.35. The summed E-state index contributed by atoms with van der Waals surface area (Å²) in [6.07, 6.45) is 2.76. The Morgan fingerprint density at radius 2 is 1.90 bits per heavy atom. The second-order valence-corrected chi connectivity index (χ2v) is 6.49. The fraction of sp³-hybridized carbons (Fsp3) is 0.333. The van der Waals surface area contributed by atoms with Gasteiger partial charge in [-0.3, -0.25) is 4.79 Å². The van der Waals surface area contributed by atoms with Crippen molar-refractivity contribution < 1.29 is 14.7 Å². The van der Waals surface area contributed by atoms with E-state index in [0.29, 0.717) is 15.6 Å². The lowest BCUT2D eigenvalue weighted by molar-refractivity contribution is -0.144. The molecule has 1 unspecified atom stereocenters. The molecular formula is C15H17Cl2NO3. The minimum absolute atomic E-state index is 0.414. The van der Waals surface area contributed by atoms with Gasteiger partial charge in [0.15, 0.2) is 0 Å². The second kappa shape index (κ2) is 6.96. The first-order valence-electron chi connectivity index (χ1n) is 6.27. The lowest BCUT2D eigenvalue weighted by Gasteiger charge is -2.27. The van der Waals surface area contributed by atoms with Crippen molar-refractivity contribution in [1.29, 1.82) is 0 Å². The van der Waals surface area contributed by atoms with Gasteiger partial charge in [-0.05, 0) is 29.2 Å². The first kappa shape index (κ1) is 17.5. The van der Waals surface area contributed by atoms with Gasteiger partial charge in [-0.25, -0.2) is 4.79 Å². The van der Waals surface area contributed by atoms with Crippen LogP contribution < -0.4 is 5.32 Å². The van der Waals surface area contributed by atoms with Gasteiger partial charge in [0, 0.05) is 16.1 Å². The van der Waals surface area contributed by atoms with Crippen LogP contribution in [0.5, 0.6) is 0 Å². The van der Waals surface area contributed by atoms with Crippen molar-refractivity contribution >= 4 is 41.2 Å². The van der Waals surface area contributed by atoms with Crippen LogP contribution in [0.1, 0.15) is 26.3 Å². The van der Waals surface area contributed by atoms with Crippen LogP contribution in [0.2, 0.25) is 10.0 Å². The highest BCUT2D eigenvalue weighted by Gasteiger charge is 2.31. The Labute approximate surface area is 133 Å². The van der Waals surface area contributed by atoms with Crippen LogP contribution in [0, 0.1) is 5.41 Å². The summed E-state index contributed by atoms with van der Waals surface area (Å²) in [5.41, 5.74) is 0.0339. The monoisotopic (exact) mass is 329 g/mol. The maximum absolute atomic E-state index is 11.8. The molecule has 4 nitrogen and oxygen atoms in total. The average Bonchev–Trinajstić information content (AvgIpc) is 2.33. The van der Waals surface area contributed by atoms with Crippen LogP contribution in [-0.4, -0.2) is 23.0 Å². The van der Waals surface area contributed by atoms with Crippen molar-refractivity contribution in [2.45, 2.75) is 26.8 Å². The van der Waals surface area contributed by atoms with Gasteiger partial charge in [0.1, 0.15) is 6.04 Å². The highest BCUT2D eigenvalue weighted by Crippen LogP contribution is 2.22. The molecule has 1 aromatic rings. The molecule has 0 saturated carbocycles. The Hall–Kier alpha value is -1.52. The normalized spacial score (nSPS) is 13.2. The van der Waals surface area contributed by atoms with E-state index in [4.69, 9.17) is 28.3 Å². The van der Waals surface area contributed by atoms with E-state index in [0.717, 1.165) is 0 Å². The summed E-state index contributed by atoms with van der Waals surface area (Å²) in [4.78, 5) is 23.0. The van der Waals surface area contributed by atoms with Crippen LogP contribution in [-0.2, 0) is 9.59 Å². The van der Waals surface area contributed by atoms with Gasteiger partial charge < -0.3 is 10.4 Å². The van der Waals surface area contributed by atoms with Gasteiger partial charge >= 0.3 is 5.97 Å². The zero-order valence-corrected chi connectivity index (χ0v) is 13.5. The van der Waals surface area contributed by atoms with E-state index in [1.807, 2.05) is 0 Å². The molecule has 114 valence electrons. The number of carbonyl (C=O) groups excluding carboxylic acids is 1. The van der Waals surface area contributed by atoms with Gasteiger partial charge in [-0.15, -0.1) is 0 Å². The second-order valence-electron chi connectivity index (χ2n) is 5.65. The van der Waals surface area contributed by atoms with Crippen molar-refractivity contribution in [3.05, 3.63) is 39.9 Å². The van der Waals surface area contributed by atoms with E-state index in [1.54, 1.807) is 39.0 Å². The molecule has 0 aromatic heterocycles. The van der Waals surface area contributed by atoms with Crippen LogP contribution in [0.15, 0.2) is 24.3 Å². The molecule has 0 spiro atoms. The summed E-state index contributed by atoms with van der Waals surface area (Å²) in [7, 11) is 0. The van der Waals surface area contributed by atoms with Crippen molar-refractivity contribution in [2.24, 2.45) is 5.41 Å². The summed E-state index contributed by atoms with van der Waals surface area (Å²) in [5, 5.41) is 12.5. The maximum Gasteiger partial charge on any atom is 0.326 e. The molecule has 0 bridgehead atoms. The number of rotatable bonds is 4. The Kier molecular flexibility index (Phi) is 5.81. The molecule has 0 aliphatic rings. The van der Waals surface area contributed by atoms with Crippen LogP contribution >= 0.6 is 23.2 Å². The lowest BCUT2D eigenvalue weighted by atomic mass is 9.87. The SMILES string of the molecule is CC(C)(C)C(NC(=O)/C=C/c1ccc(Cl)cc1Cl)C(=O)O. The van der Waals surface area contributed by atoms with Crippen LogP contribution in [0.3, 0.4) is 0 Å². The number of nitrogens with one attached hydrogen (secondary N) is 1. The molecule has 21 heavy (non-hydrogen) atoms. The molecule has 0 aliphatic carbocycles. The van der Waals surface area contributed by atoms with Crippen molar-refractivity contribution in [3.8, 4) is 0 Å². The van der Waals surface area contributed by atoms with E-state index >= 15 is 0 Å². The zero-order chi connectivity index (χ0) is 16.2. The van der Waals surface area contributed by atoms with Gasteiger partial charge in [-0.2, -0.15) is 0 Å². The summed E-state index contributed by atoms with van der Waals surface area (Å²) in [6, 6.07) is 3.92. The highest BCUT2D eigenvalue weighted by atomic mass is 35.5. The van der Waals surface area contributed by atoms with Gasteiger partial charge in [-0.1, -0.05) is 50.0 Å². The van der Waals surface area contributed by atoms with Crippen molar-refractivity contribution in [1.82, 2.24) is 5.32 Å². The van der Waals surface area contributed by atoms with Crippen LogP contribution in [0.25, 0.3) is 6.08 Å². The predicted molar refractivity (Wildman–Crippen MR) is 84.5 cm³/mol. The average molecular weight is 330 g/mol. The molecule has 1 aromatic carbocycles. The molecule has 6 heteroatoms. The van der Waals surface area contributed by atoms with Gasteiger partial charge in [0.25, 0.3) is 0 Å². The molecule has 0 heterocycles. The van der Waals surface area contributed by atoms with Gasteiger partial charge in [0.05, 0.1) is 0 Å². The molecule has 0 fully saturated rings. The molecular weight excluding hydrogens is 313 g/mol. The number of hydrogen-bond acceptors (Lipinski definition) is 2. The number of hydrogen-bond donors (Lipinski definition) is 2. The predicted octanol–water partition coefficient (Wildman–Crippen LogP) is 3.62. The first-order chi connectivity index (χ1) is 9.61. The summed E-state index contributed by atoms with van der Waals surface area (Å²) >= 11 is 11.8. The largest absolute Gasteiger partial charge is 0.480 e. The zero-order valence-electron chi connectivity index (χ0n) is 12.0. The van der Waals surface area contributed by atoms with Crippen LogP contribution in [0.4, 0.5) is 0 Å². The van der Waals surface area contributed by atoms with Crippen molar-refractivity contribution in [3.63, 3.8) is 0 Å². The molecule has 1 amide bonds.